The van der Waals surface area contributed by atoms with E-state index >= 15 is 0 Å². The van der Waals surface area contributed by atoms with Gasteiger partial charge in [-0.1, -0.05) is 29.8 Å². The van der Waals surface area contributed by atoms with Gasteiger partial charge in [0.1, 0.15) is 0 Å². The SMILES string of the molecule is CC1=Nc2ccc(Cl)cc2Cn2c1cc1ccccc12. The lowest BCUT2D eigenvalue weighted by Gasteiger charge is -2.08. The first-order valence-electron chi connectivity index (χ1n) is 6.65. The van der Waals surface area contributed by atoms with Gasteiger partial charge in [-0.3, -0.25) is 4.99 Å². The van der Waals surface area contributed by atoms with Crippen LogP contribution in [0.3, 0.4) is 0 Å². The fourth-order valence-corrected chi connectivity index (χ4v) is 3.07. The Morgan fingerprint density at radius 3 is 2.85 bits per heavy atom. The number of hydrogen-bond donors (Lipinski definition) is 0. The van der Waals surface area contributed by atoms with E-state index in [1.165, 1.54) is 16.6 Å². The second-order valence-corrected chi connectivity index (χ2v) is 5.58. The molecule has 2 heterocycles. The predicted molar refractivity (Wildman–Crippen MR) is 84.4 cm³/mol. The highest BCUT2D eigenvalue weighted by atomic mass is 35.5. The third-order valence-corrected chi connectivity index (χ3v) is 4.07. The molecular weight excluding hydrogens is 268 g/mol. The van der Waals surface area contributed by atoms with E-state index in [-0.39, 0.29) is 0 Å². The Hall–Kier alpha value is -2.06. The van der Waals surface area contributed by atoms with Crippen molar-refractivity contribution in [2.24, 2.45) is 4.99 Å². The Balaban J connectivity index is 2.03. The monoisotopic (exact) mass is 280 g/mol. The van der Waals surface area contributed by atoms with Gasteiger partial charge in [-0.05, 0) is 42.8 Å². The Morgan fingerprint density at radius 1 is 1.10 bits per heavy atom. The molecule has 0 amide bonds. The summed E-state index contributed by atoms with van der Waals surface area (Å²) < 4.78 is 2.32. The van der Waals surface area contributed by atoms with Crippen molar-refractivity contribution in [3.8, 4) is 0 Å². The van der Waals surface area contributed by atoms with Crippen LogP contribution in [0.4, 0.5) is 5.69 Å². The van der Waals surface area contributed by atoms with Gasteiger partial charge in [0.15, 0.2) is 0 Å². The van der Waals surface area contributed by atoms with E-state index in [1.54, 1.807) is 0 Å². The van der Waals surface area contributed by atoms with Crippen LogP contribution in [-0.2, 0) is 6.54 Å². The van der Waals surface area contributed by atoms with Crippen molar-refractivity contribution < 1.29 is 0 Å². The van der Waals surface area contributed by atoms with Crippen molar-refractivity contribution in [2.45, 2.75) is 13.5 Å². The molecule has 0 saturated carbocycles. The van der Waals surface area contributed by atoms with E-state index in [0.717, 1.165) is 28.5 Å². The summed E-state index contributed by atoms with van der Waals surface area (Å²) >= 11 is 6.13. The highest BCUT2D eigenvalue weighted by Crippen LogP contribution is 2.31. The lowest BCUT2D eigenvalue weighted by atomic mass is 10.1. The van der Waals surface area contributed by atoms with E-state index < -0.39 is 0 Å². The van der Waals surface area contributed by atoms with Crippen LogP contribution >= 0.6 is 11.6 Å². The number of benzene rings is 2. The summed E-state index contributed by atoms with van der Waals surface area (Å²) in [4.78, 5) is 4.75. The average Bonchev–Trinajstić information content (AvgIpc) is 2.74. The molecule has 0 atom stereocenters. The first-order valence-corrected chi connectivity index (χ1v) is 7.02. The second-order valence-electron chi connectivity index (χ2n) is 5.14. The van der Waals surface area contributed by atoms with E-state index in [0.29, 0.717) is 0 Å². The Labute approximate surface area is 122 Å². The zero-order chi connectivity index (χ0) is 13.7. The Morgan fingerprint density at radius 2 is 1.95 bits per heavy atom. The molecular formula is C17H13ClN2. The smallest absolute Gasteiger partial charge is 0.0684 e. The highest BCUT2D eigenvalue weighted by molar-refractivity contribution is 6.30. The molecule has 0 saturated heterocycles. The number of halogens is 1. The van der Waals surface area contributed by atoms with Crippen molar-refractivity contribution in [1.29, 1.82) is 0 Å². The maximum atomic E-state index is 6.13. The first kappa shape index (κ1) is 11.7. The third-order valence-electron chi connectivity index (χ3n) is 3.84. The van der Waals surface area contributed by atoms with Crippen molar-refractivity contribution in [2.75, 3.05) is 0 Å². The lowest BCUT2D eigenvalue weighted by Crippen LogP contribution is -2.05. The molecule has 1 aliphatic rings. The summed E-state index contributed by atoms with van der Waals surface area (Å²) in [5, 5.41) is 2.01. The summed E-state index contributed by atoms with van der Waals surface area (Å²) in [5.74, 6) is 0. The average molecular weight is 281 g/mol. The quantitative estimate of drug-likeness (QED) is 0.563. The minimum atomic E-state index is 0.761. The zero-order valence-corrected chi connectivity index (χ0v) is 11.9. The molecule has 2 aromatic carbocycles. The number of fused-ring (bicyclic) bond motifs is 4. The van der Waals surface area contributed by atoms with Gasteiger partial charge in [0.2, 0.25) is 0 Å². The van der Waals surface area contributed by atoms with Gasteiger partial charge in [0.25, 0.3) is 0 Å². The van der Waals surface area contributed by atoms with Gasteiger partial charge in [-0.25, -0.2) is 0 Å². The molecule has 98 valence electrons. The lowest BCUT2D eigenvalue weighted by molar-refractivity contribution is 0.834. The van der Waals surface area contributed by atoms with Crippen molar-refractivity contribution in [3.63, 3.8) is 0 Å². The minimum absolute atomic E-state index is 0.761. The number of rotatable bonds is 0. The number of para-hydroxylation sites is 1. The van der Waals surface area contributed by atoms with Gasteiger partial charge in [0.05, 0.1) is 23.6 Å². The van der Waals surface area contributed by atoms with Gasteiger partial charge in [0, 0.05) is 15.9 Å². The van der Waals surface area contributed by atoms with Crippen LogP contribution < -0.4 is 0 Å². The fourth-order valence-electron chi connectivity index (χ4n) is 2.88. The second kappa shape index (κ2) is 4.22. The fraction of sp³-hybridized carbons (Fsp3) is 0.118. The van der Waals surface area contributed by atoms with Crippen molar-refractivity contribution in [3.05, 3.63) is 64.8 Å². The molecule has 3 aromatic rings. The summed E-state index contributed by atoms with van der Waals surface area (Å²) in [6, 6.07) is 16.6. The van der Waals surface area contributed by atoms with Crippen LogP contribution in [0.15, 0.2) is 53.5 Å². The molecule has 4 rings (SSSR count). The minimum Gasteiger partial charge on any atom is -0.335 e. The summed E-state index contributed by atoms with van der Waals surface area (Å²) in [6.45, 7) is 2.87. The molecule has 0 unspecified atom stereocenters. The summed E-state index contributed by atoms with van der Waals surface area (Å²) in [7, 11) is 0. The topological polar surface area (TPSA) is 17.3 Å². The number of aliphatic imine (C=N–C) groups is 1. The maximum absolute atomic E-state index is 6.13. The molecule has 0 radical (unpaired) electrons. The molecule has 0 aliphatic carbocycles. The zero-order valence-electron chi connectivity index (χ0n) is 11.1. The molecule has 0 spiro atoms. The molecule has 1 aromatic heterocycles. The molecule has 0 fully saturated rings. The van der Waals surface area contributed by atoms with Crippen molar-refractivity contribution in [1.82, 2.24) is 4.57 Å². The molecule has 20 heavy (non-hydrogen) atoms. The van der Waals surface area contributed by atoms with Crippen LogP contribution in [0.5, 0.6) is 0 Å². The molecule has 2 nitrogen and oxygen atoms in total. The number of nitrogens with zero attached hydrogens (tertiary/aromatic N) is 2. The third kappa shape index (κ3) is 1.69. The highest BCUT2D eigenvalue weighted by Gasteiger charge is 2.16. The van der Waals surface area contributed by atoms with Gasteiger partial charge in [-0.2, -0.15) is 0 Å². The molecule has 1 aliphatic heterocycles. The summed E-state index contributed by atoms with van der Waals surface area (Å²) in [5.41, 5.74) is 5.64. The van der Waals surface area contributed by atoms with Gasteiger partial charge in [-0.15, -0.1) is 0 Å². The van der Waals surface area contributed by atoms with Crippen LogP contribution in [0.25, 0.3) is 10.9 Å². The van der Waals surface area contributed by atoms with E-state index in [4.69, 9.17) is 16.6 Å². The molecule has 3 heteroatoms. The predicted octanol–water partition coefficient (Wildman–Crippen LogP) is 4.80. The van der Waals surface area contributed by atoms with E-state index in [2.05, 4.69) is 41.8 Å². The normalized spacial score (nSPS) is 13.6. The van der Waals surface area contributed by atoms with Crippen LogP contribution in [0.1, 0.15) is 18.2 Å². The number of aromatic nitrogens is 1. The largest absolute Gasteiger partial charge is 0.335 e. The Bertz CT molecular complexity index is 859. The van der Waals surface area contributed by atoms with E-state index in [9.17, 15) is 0 Å². The van der Waals surface area contributed by atoms with Gasteiger partial charge >= 0.3 is 0 Å². The first-order chi connectivity index (χ1) is 9.72. The van der Waals surface area contributed by atoms with E-state index in [1.807, 2.05) is 18.2 Å². The van der Waals surface area contributed by atoms with Crippen molar-refractivity contribution >= 4 is 33.9 Å². The van der Waals surface area contributed by atoms with Crippen LogP contribution in [0.2, 0.25) is 5.02 Å². The van der Waals surface area contributed by atoms with Gasteiger partial charge < -0.3 is 4.57 Å². The Kier molecular flexibility index (Phi) is 2.48. The summed E-state index contributed by atoms with van der Waals surface area (Å²) in [6.07, 6.45) is 0. The molecule has 0 N–H and O–H groups in total. The standard InChI is InChI=1S/C17H13ClN2/c1-11-17-9-12-4-2-3-5-16(12)20(17)10-13-8-14(18)6-7-15(13)19-11/h2-9H,10H2,1H3. The van der Waals surface area contributed by atoms with Crippen LogP contribution in [-0.4, -0.2) is 10.3 Å². The van der Waals surface area contributed by atoms with Crippen LogP contribution in [0, 0.1) is 0 Å². The molecule has 0 bridgehead atoms. The number of hydrogen-bond acceptors (Lipinski definition) is 1. The maximum Gasteiger partial charge on any atom is 0.0684 e.